The maximum atomic E-state index is 12.7. The molecule has 0 aliphatic carbocycles. The van der Waals surface area contributed by atoms with E-state index in [1.807, 2.05) is 24.0 Å². The molecule has 1 N–H and O–H groups in total. The van der Waals surface area contributed by atoms with Gasteiger partial charge >= 0.3 is 0 Å². The maximum absolute atomic E-state index is 12.7. The van der Waals surface area contributed by atoms with Gasteiger partial charge in [0.2, 0.25) is 0 Å². The smallest absolute Gasteiger partial charge is 0.259 e. The summed E-state index contributed by atoms with van der Waals surface area (Å²) in [6, 6.07) is 14.1. The number of ether oxygens (including phenoxy) is 1. The van der Waals surface area contributed by atoms with Crippen molar-refractivity contribution in [2.75, 3.05) is 43.0 Å². The molecule has 0 radical (unpaired) electrons. The van der Waals surface area contributed by atoms with E-state index in [0.29, 0.717) is 54.0 Å². The number of thiophene rings is 1. The number of carbonyl (C=O) groups excluding carboxylic acids is 1. The Morgan fingerprint density at radius 1 is 1.09 bits per heavy atom. The molecule has 0 saturated carbocycles. The van der Waals surface area contributed by atoms with Gasteiger partial charge in [-0.05, 0) is 42.6 Å². The number of rotatable bonds is 7. The molecule has 3 heterocycles. The summed E-state index contributed by atoms with van der Waals surface area (Å²) in [6.45, 7) is 4.23. The van der Waals surface area contributed by atoms with Gasteiger partial charge in [0.15, 0.2) is 0 Å². The zero-order chi connectivity index (χ0) is 22.6. The zero-order valence-corrected chi connectivity index (χ0v) is 19.2. The van der Waals surface area contributed by atoms with Gasteiger partial charge in [0.1, 0.15) is 15.8 Å². The predicted molar refractivity (Wildman–Crippen MR) is 125 cm³/mol. The van der Waals surface area contributed by atoms with Gasteiger partial charge in [0.25, 0.3) is 15.9 Å². The van der Waals surface area contributed by atoms with E-state index in [9.17, 15) is 13.2 Å². The van der Waals surface area contributed by atoms with Crippen molar-refractivity contribution >= 4 is 38.8 Å². The third-order valence-corrected chi connectivity index (χ3v) is 8.36. The summed E-state index contributed by atoms with van der Waals surface area (Å²) < 4.78 is 32.8. The van der Waals surface area contributed by atoms with Crippen LogP contribution in [0.1, 0.15) is 17.3 Å². The van der Waals surface area contributed by atoms with Gasteiger partial charge in [0.05, 0.1) is 24.1 Å². The van der Waals surface area contributed by atoms with E-state index in [1.165, 1.54) is 15.6 Å². The Hall–Kier alpha value is -2.95. The zero-order valence-electron chi connectivity index (χ0n) is 17.6. The lowest BCUT2D eigenvalue weighted by Gasteiger charge is -2.34. The molecule has 32 heavy (non-hydrogen) atoms. The third kappa shape index (κ3) is 4.77. The largest absolute Gasteiger partial charge is 0.493 e. The molecule has 2 aromatic heterocycles. The van der Waals surface area contributed by atoms with E-state index in [4.69, 9.17) is 4.74 Å². The van der Waals surface area contributed by atoms with Crippen LogP contribution in [0.2, 0.25) is 0 Å². The lowest BCUT2D eigenvalue weighted by atomic mass is 10.2. The highest BCUT2D eigenvalue weighted by atomic mass is 32.2. The summed E-state index contributed by atoms with van der Waals surface area (Å²) >= 11 is 1.23. The molecule has 1 fully saturated rings. The van der Waals surface area contributed by atoms with Crippen LogP contribution in [0, 0.1) is 0 Å². The molecule has 168 valence electrons. The van der Waals surface area contributed by atoms with Crippen molar-refractivity contribution in [3.63, 3.8) is 0 Å². The Morgan fingerprint density at radius 3 is 2.53 bits per heavy atom. The molecule has 1 aromatic carbocycles. The molecule has 1 amide bonds. The van der Waals surface area contributed by atoms with Crippen molar-refractivity contribution < 1.29 is 17.9 Å². The summed E-state index contributed by atoms with van der Waals surface area (Å²) in [5, 5.41) is 4.61. The number of sulfonamides is 1. The Labute approximate surface area is 191 Å². The van der Waals surface area contributed by atoms with Crippen molar-refractivity contribution in [2.45, 2.75) is 11.1 Å². The minimum atomic E-state index is -3.43. The number of hydrogen-bond donors (Lipinski definition) is 1. The molecule has 3 aromatic rings. The van der Waals surface area contributed by atoms with Crippen molar-refractivity contribution in [3.8, 4) is 5.75 Å². The number of anilines is 2. The van der Waals surface area contributed by atoms with Crippen LogP contribution < -0.4 is 15.0 Å². The first kappa shape index (κ1) is 22.3. The van der Waals surface area contributed by atoms with Gasteiger partial charge in [-0.3, -0.25) is 4.79 Å². The monoisotopic (exact) mass is 472 g/mol. The normalized spacial score (nSPS) is 14.8. The number of nitrogens with one attached hydrogen (secondary N) is 1. The highest BCUT2D eigenvalue weighted by molar-refractivity contribution is 7.91. The fourth-order valence-corrected chi connectivity index (χ4v) is 6.04. The first-order chi connectivity index (χ1) is 15.5. The average molecular weight is 473 g/mol. The number of amides is 1. The summed E-state index contributed by atoms with van der Waals surface area (Å²) in [7, 11) is -3.43. The second kappa shape index (κ2) is 9.68. The number of para-hydroxylation sites is 1. The van der Waals surface area contributed by atoms with E-state index in [-0.39, 0.29) is 5.91 Å². The second-order valence-electron chi connectivity index (χ2n) is 7.11. The van der Waals surface area contributed by atoms with Crippen LogP contribution in [0.5, 0.6) is 5.75 Å². The van der Waals surface area contributed by atoms with Crippen LogP contribution in [0.4, 0.5) is 11.5 Å². The minimum absolute atomic E-state index is 0.268. The average Bonchev–Trinajstić information content (AvgIpc) is 3.36. The number of piperazine rings is 1. The number of hydrogen-bond acceptors (Lipinski definition) is 7. The van der Waals surface area contributed by atoms with Crippen molar-refractivity contribution in [1.29, 1.82) is 0 Å². The van der Waals surface area contributed by atoms with Crippen LogP contribution >= 0.6 is 11.3 Å². The molecule has 1 aliphatic heterocycles. The van der Waals surface area contributed by atoms with Gasteiger partial charge in [-0.1, -0.05) is 18.2 Å². The van der Waals surface area contributed by atoms with E-state index in [1.54, 1.807) is 48.0 Å². The molecule has 8 nitrogen and oxygen atoms in total. The molecule has 4 rings (SSSR count). The first-order valence-electron chi connectivity index (χ1n) is 10.3. The molecule has 0 bridgehead atoms. The number of benzene rings is 1. The number of nitrogens with zero attached hydrogens (tertiary/aromatic N) is 3. The fourth-order valence-electron chi connectivity index (χ4n) is 3.48. The van der Waals surface area contributed by atoms with Crippen molar-refractivity contribution in [3.05, 3.63) is 65.7 Å². The molecule has 0 unspecified atom stereocenters. The summed E-state index contributed by atoms with van der Waals surface area (Å²) in [5.41, 5.74) is 1.03. The van der Waals surface area contributed by atoms with E-state index >= 15 is 0 Å². The first-order valence-corrected chi connectivity index (χ1v) is 12.6. The van der Waals surface area contributed by atoms with Gasteiger partial charge in [0, 0.05) is 26.2 Å². The SMILES string of the molecule is CCOc1ccccc1C(=O)Nc1ccc(N2CCN(S(=O)(=O)c3cccs3)CC2)nc1. The van der Waals surface area contributed by atoms with Gasteiger partial charge < -0.3 is 15.0 Å². The molecule has 10 heteroatoms. The lowest BCUT2D eigenvalue weighted by Crippen LogP contribution is -2.48. The highest BCUT2D eigenvalue weighted by Gasteiger charge is 2.29. The lowest BCUT2D eigenvalue weighted by molar-refractivity contribution is 0.102. The maximum Gasteiger partial charge on any atom is 0.259 e. The number of aromatic nitrogens is 1. The molecule has 1 aliphatic rings. The molecule has 1 saturated heterocycles. The van der Waals surface area contributed by atoms with Crippen LogP contribution in [0.15, 0.2) is 64.3 Å². The second-order valence-corrected chi connectivity index (χ2v) is 10.2. The molecule has 0 atom stereocenters. The van der Waals surface area contributed by atoms with E-state index in [2.05, 4.69) is 10.3 Å². The quantitative estimate of drug-likeness (QED) is 0.567. The van der Waals surface area contributed by atoms with E-state index < -0.39 is 10.0 Å². The van der Waals surface area contributed by atoms with Crippen molar-refractivity contribution in [1.82, 2.24) is 9.29 Å². The fraction of sp³-hybridized carbons (Fsp3) is 0.273. The molecular formula is C22H24N4O4S2. The van der Waals surface area contributed by atoms with Crippen LogP contribution in [-0.4, -0.2) is 56.4 Å². The standard InChI is InChI=1S/C22H24N4O4S2/c1-2-30-19-7-4-3-6-18(19)22(27)24-17-9-10-20(23-16-17)25-11-13-26(14-12-25)32(28,29)21-8-5-15-31-21/h3-10,15-16H,2,11-14H2,1H3,(H,24,27). The highest BCUT2D eigenvalue weighted by Crippen LogP contribution is 2.24. The summed E-state index contributed by atoms with van der Waals surface area (Å²) in [4.78, 5) is 19.1. The Morgan fingerprint density at radius 2 is 1.88 bits per heavy atom. The van der Waals surface area contributed by atoms with Gasteiger partial charge in [-0.2, -0.15) is 4.31 Å². The van der Waals surface area contributed by atoms with Crippen LogP contribution in [0.3, 0.4) is 0 Å². The van der Waals surface area contributed by atoms with E-state index in [0.717, 1.165) is 5.82 Å². The summed E-state index contributed by atoms with van der Waals surface area (Å²) in [6.07, 6.45) is 1.60. The number of carbonyl (C=O) groups is 1. The Bertz CT molecular complexity index is 1160. The minimum Gasteiger partial charge on any atom is -0.493 e. The Balaban J connectivity index is 1.37. The molecule has 0 spiro atoms. The van der Waals surface area contributed by atoms with Crippen LogP contribution in [0.25, 0.3) is 0 Å². The topological polar surface area (TPSA) is 91.8 Å². The van der Waals surface area contributed by atoms with Gasteiger partial charge in [-0.15, -0.1) is 11.3 Å². The van der Waals surface area contributed by atoms with Crippen LogP contribution in [-0.2, 0) is 10.0 Å². The Kier molecular flexibility index (Phi) is 6.73. The molecular weight excluding hydrogens is 448 g/mol. The number of pyridine rings is 1. The summed E-state index contributed by atoms with van der Waals surface area (Å²) in [5.74, 6) is 1.01. The predicted octanol–water partition coefficient (Wildman–Crippen LogP) is 3.31. The third-order valence-electron chi connectivity index (χ3n) is 5.09. The van der Waals surface area contributed by atoms with Crippen molar-refractivity contribution in [2.24, 2.45) is 0 Å². The van der Waals surface area contributed by atoms with Gasteiger partial charge in [-0.25, -0.2) is 13.4 Å².